The Bertz CT molecular complexity index is 1240. The third-order valence-electron chi connectivity index (χ3n) is 5.07. The SMILES string of the molecule is Cc1cccc(-c2nc(C(=O)Nc3cc(C)ccc3C)nn2-c2ccccc2C)c1. The van der Waals surface area contributed by atoms with Gasteiger partial charge in [0, 0.05) is 11.3 Å². The summed E-state index contributed by atoms with van der Waals surface area (Å²) in [5.74, 6) is 0.444. The van der Waals surface area contributed by atoms with Crippen molar-refractivity contribution in [2.45, 2.75) is 27.7 Å². The van der Waals surface area contributed by atoms with E-state index < -0.39 is 0 Å². The van der Waals surface area contributed by atoms with E-state index in [-0.39, 0.29) is 11.7 Å². The van der Waals surface area contributed by atoms with Crippen molar-refractivity contribution in [3.05, 3.63) is 94.8 Å². The molecule has 1 aromatic heterocycles. The second-order valence-electron chi connectivity index (χ2n) is 7.60. The van der Waals surface area contributed by atoms with Crippen molar-refractivity contribution < 1.29 is 4.79 Å². The summed E-state index contributed by atoms with van der Waals surface area (Å²) in [6, 6.07) is 22.0. The largest absolute Gasteiger partial charge is 0.319 e. The van der Waals surface area contributed by atoms with Gasteiger partial charge in [-0.05, 0) is 62.6 Å². The van der Waals surface area contributed by atoms with Crippen LogP contribution in [-0.4, -0.2) is 20.7 Å². The van der Waals surface area contributed by atoms with Gasteiger partial charge in [-0.15, -0.1) is 5.10 Å². The van der Waals surface area contributed by atoms with Crippen molar-refractivity contribution in [3.8, 4) is 17.1 Å². The predicted molar refractivity (Wildman–Crippen MR) is 120 cm³/mol. The van der Waals surface area contributed by atoms with Crippen LogP contribution in [0, 0.1) is 27.7 Å². The van der Waals surface area contributed by atoms with E-state index in [0.717, 1.165) is 39.2 Å². The number of amides is 1. The number of aromatic nitrogens is 3. The van der Waals surface area contributed by atoms with Crippen molar-refractivity contribution in [3.63, 3.8) is 0 Å². The van der Waals surface area contributed by atoms with Crippen LogP contribution >= 0.6 is 0 Å². The first-order chi connectivity index (χ1) is 14.4. The Kier molecular flexibility index (Phi) is 5.19. The monoisotopic (exact) mass is 396 g/mol. The average molecular weight is 396 g/mol. The second-order valence-corrected chi connectivity index (χ2v) is 7.60. The molecule has 4 rings (SSSR count). The fourth-order valence-corrected chi connectivity index (χ4v) is 3.40. The molecule has 5 nitrogen and oxygen atoms in total. The molecule has 0 saturated carbocycles. The molecule has 3 aromatic carbocycles. The van der Waals surface area contributed by atoms with Crippen molar-refractivity contribution >= 4 is 11.6 Å². The molecule has 1 amide bonds. The molecule has 0 aliphatic heterocycles. The lowest BCUT2D eigenvalue weighted by Gasteiger charge is -2.09. The molecule has 150 valence electrons. The van der Waals surface area contributed by atoms with Gasteiger partial charge in [0.15, 0.2) is 5.82 Å². The van der Waals surface area contributed by atoms with Gasteiger partial charge in [-0.1, -0.05) is 54.1 Å². The van der Waals surface area contributed by atoms with Crippen LogP contribution in [0.25, 0.3) is 17.1 Å². The predicted octanol–water partition coefficient (Wildman–Crippen LogP) is 5.42. The van der Waals surface area contributed by atoms with Crippen molar-refractivity contribution in [1.82, 2.24) is 14.8 Å². The molecule has 0 aliphatic rings. The van der Waals surface area contributed by atoms with E-state index in [1.54, 1.807) is 4.68 Å². The average Bonchev–Trinajstić information content (AvgIpc) is 3.16. The minimum absolute atomic E-state index is 0.135. The summed E-state index contributed by atoms with van der Waals surface area (Å²) in [7, 11) is 0. The Morgan fingerprint density at radius 2 is 1.60 bits per heavy atom. The summed E-state index contributed by atoms with van der Waals surface area (Å²) in [6.07, 6.45) is 0. The summed E-state index contributed by atoms with van der Waals surface area (Å²) < 4.78 is 1.75. The van der Waals surface area contributed by atoms with Gasteiger partial charge < -0.3 is 5.32 Å². The number of benzene rings is 3. The Hall–Kier alpha value is -3.73. The van der Waals surface area contributed by atoms with Gasteiger partial charge in [0.05, 0.1) is 5.69 Å². The number of anilines is 1. The minimum atomic E-state index is -0.329. The molecule has 1 heterocycles. The summed E-state index contributed by atoms with van der Waals surface area (Å²) in [5, 5.41) is 7.55. The lowest BCUT2D eigenvalue weighted by atomic mass is 10.1. The van der Waals surface area contributed by atoms with E-state index in [1.165, 1.54) is 0 Å². The normalized spacial score (nSPS) is 10.8. The maximum Gasteiger partial charge on any atom is 0.295 e. The van der Waals surface area contributed by atoms with Gasteiger partial charge in [0.2, 0.25) is 5.82 Å². The Labute approximate surface area is 176 Å². The fourth-order valence-electron chi connectivity index (χ4n) is 3.40. The van der Waals surface area contributed by atoms with E-state index in [1.807, 2.05) is 94.4 Å². The van der Waals surface area contributed by atoms with E-state index in [9.17, 15) is 4.79 Å². The van der Waals surface area contributed by atoms with Gasteiger partial charge in [0.25, 0.3) is 5.91 Å². The molecule has 0 aliphatic carbocycles. The highest BCUT2D eigenvalue weighted by Gasteiger charge is 2.20. The molecule has 0 bridgehead atoms. The maximum atomic E-state index is 13.0. The molecule has 5 heteroatoms. The lowest BCUT2D eigenvalue weighted by Crippen LogP contribution is -2.15. The van der Waals surface area contributed by atoms with Crippen molar-refractivity contribution in [2.75, 3.05) is 5.32 Å². The number of carbonyl (C=O) groups is 1. The summed E-state index contributed by atoms with van der Waals surface area (Å²) in [4.78, 5) is 17.6. The highest BCUT2D eigenvalue weighted by molar-refractivity contribution is 6.02. The first kappa shape index (κ1) is 19.6. The van der Waals surface area contributed by atoms with E-state index >= 15 is 0 Å². The number of nitrogens with zero attached hydrogens (tertiary/aromatic N) is 3. The number of para-hydroxylation sites is 1. The number of nitrogens with one attached hydrogen (secondary N) is 1. The molecule has 1 N–H and O–H groups in total. The van der Waals surface area contributed by atoms with Crippen molar-refractivity contribution in [2.24, 2.45) is 0 Å². The second kappa shape index (κ2) is 7.95. The number of aryl methyl sites for hydroxylation is 4. The highest BCUT2D eigenvalue weighted by Crippen LogP contribution is 2.24. The Morgan fingerprint density at radius 1 is 0.833 bits per heavy atom. The number of hydrogen-bond acceptors (Lipinski definition) is 3. The zero-order chi connectivity index (χ0) is 21.3. The molecule has 0 saturated heterocycles. The third kappa shape index (κ3) is 3.87. The van der Waals surface area contributed by atoms with Gasteiger partial charge in [-0.3, -0.25) is 4.79 Å². The molecule has 0 radical (unpaired) electrons. The molecule has 30 heavy (non-hydrogen) atoms. The molecule has 0 unspecified atom stereocenters. The summed E-state index contributed by atoms with van der Waals surface area (Å²) >= 11 is 0. The van der Waals surface area contributed by atoms with Crippen LogP contribution in [0.2, 0.25) is 0 Å². The lowest BCUT2D eigenvalue weighted by molar-refractivity contribution is 0.101. The van der Waals surface area contributed by atoms with Crippen LogP contribution in [0.15, 0.2) is 66.7 Å². The molecule has 0 atom stereocenters. The van der Waals surface area contributed by atoms with Crippen LogP contribution < -0.4 is 5.32 Å². The van der Waals surface area contributed by atoms with Crippen LogP contribution in [0.4, 0.5) is 5.69 Å². The Morgan fingerprint density at radius 3 is 2.37 bits per heavy atom. The summed E-state index contributed by atoms with van der Waals surface area (Å²) in [6.45, 7) is 8.02. The smallest absolute Gasteiger partial charge is 0.295 e. The number of hydrogen-bond donors (Lipinski definition) is 1. The third-order valence-corrected chi connectivity index (χ3v) is 5.07. The van der Waals surface area contributed by atoms with Gasteiger partial charge >= 0.3 is 0 Å². The molecular weight excluding hydrogens is 372 g/mol. The van der Waals surface area contributed by atoms with E-state index in [0.29, 0.717) is 5.82 Å². The number of rotatable bonds is 4. The maximum absolute atomic E-state index is 13.0. The number of carbonyl (C=O) groups excluding carboxylic acids is 1. The zero-order valence-corrected chi connectivity index (χ0v) is 17.6. The highest BCUT2D eigenvalue weighted by atomic mass is 16.2. The standard InChI is InChI=1S/C25H24N4O/c1-16-8-7-10-20(14-16)24-27-23(28-29(24)22-11-6-5-9-19(22)4)25(30)26-21-15-17(2)12-13-18(21)3/h5-15H,1-4H3,(H,26,30). The van der Waals surface area contributed by atoms with Crippen LogP contribution in [0.5, 0.6) is 0 Å². The zero-order valence-electron chi connectivity index (χ0n) is 17.6. The van der Waals surface area contributed by atoms with E-state index in [4.69, 9.17) is 0 Å². The molecular formula is C25H24N4O. The first-order valence-electron chi connectivity index (χ1n) is 9.91. The fraction of sp³-hybridized carbons (Fsp3) is 0.160. The van der Waals surface area contributed by atoms with Gasteiger partial charge in [-0.2, -0.15) is 0 Å². The minimum Gasteiger partial charge on any atom is -0.319 e. The van der Waals surface area contributed by atoms with Gasteiger partial charge in [0.1, 0.15) is 0 Å². The van der Waals surface area contributed by atoms with Crippen molar-refractivity contribution in [1.29, 1.82) is 0 Å². The summed E-state index contributed by atoms with van der Waals surface area (Å²) in [5.41, 5.74) is 6.82. The first-order valence-corrected chi connectivity index (χ1v) is 9.91. The van der Waals surface area contributed by atoms with Crippen LogP contribution in [0.1, 0.15) is 32.9 Å². The molecule has 4 aromatic rings. The van der Waals surface area contributed by atoms with Crippen LogP contribution in [-0.2, 0) is 0 Å². The topological polar surface area (TPSA) is 59.8 Å². The molecule has 0 fully saturated rings. The molecule has 0 spiro atoms. The van der Waals surface area contributed by atoms with Gasteiger partial charge in [-0.25, -0.2) is 9.67 Å². The quantitative estimate of drug-likeness (QED) is 0.501. The Balaban J connectivity index is 1.80. The van der Waals surface area contributed by atoms with E-state index in [2.05, 4.69) is 15.4 Å². The van der Waals surface area contributed by atoms with Crippen LogP contribution in [0.3, 0.4) is 0 Å².